The average molecular weight is 468 g/mol. The molecule has 0 N–H and O–H groups in total. The molecular weight excluding hydrogens is 453 g/mol. The lowest BCUT2D eigenvalue weighted by molar-refractivity contribution is -0.121. The second-order valence-electron chi connectivity index (χ2n) is 6.95. The van der Waals surface area contributed by atoms with Crippen LogP contribution in [0.1, 0.15) is 5.56 Å². The lowest BCUT2D eigenvalue weighted by atomic mass is 10.1. The van der Waals surface area contributed by atoms with Crippen LogP contribution >= 0.6 is 34.5 Å². The standard InChI is InChI=1S/C23H15Cl2N3O2S/c24-16-6-4-14(9-17(16)25)11-28-20-10-15(5-7-21(20)30-12-22(28)29)19-13-31-23(27-19)18-3-1-2-8-26-18/h1-10,13H,11-12H2. The highest BCUT2D eigenvalue weighted by atomic mass is 35.5. The molecular formula is C23H15Cl2N3O2S. The minimum absolute atomic E-state index is 0.00576. The summed E-state index contributed by atoms with van der Waals surface area (Å²) in [4.78, 5) is 23.5. The van der Waals surface area contributed by atoms with Crippen LogP contribution in [0, 0.1) is 0 Å². The molecule has 0 bridgehead atoms. The summed E-state index contributed by atoms with van der Waals surface area (Å²) in [6, 6.07) is 16.9. The van der Waals surface area contributed by atoms with Gasteiger partial charge in [-0.3, -0.25) is 9.78 Å². The highest BCUT2D eigenvalue weighted by Gasteiger charge is 2.26. The highest BCUT2D eigenvalue weighted by Crippen LogP contribution is 2.38. The number of pyridine rings is 1. The zero-order valence-corrected chi connectivity index (χ0v) is 18.4. The molecule has 0 saturated heterocycles. The number of benzene rings is 2. The van der Waals surface area contributed by atoms with Crippen molar-refractivity contribution in [2.75, 3.05) is 11.5 Å². The summed E-state index contributed by atoms with van der Waals surface area (Å²) in [6.07, 6.45) is 1.75. The molecule has 31 heavy (non-hydrogen) atoms. The van der Waals surface area contributed by atoms with Crippen molar-refractivity contribution in [2.45, 2.75) is 6.54 Å². The van der Waals surface area contributed by atoms with Crippen LogP contribution in [0.4, 0.5) is 5.69 Å². The second-order valence-corrected chi connectivity index (χ2v) is 8.62. The number of anilines is 1. The van der Waals surface area contributed by atoms with Gasteiger partial charge in [-0.2, -0.15) is 0 Å². The summed E-state index contributed by atoms with van der Waals surface area (Å²) >= 11 is 13.7. The average Bonchev–Trinajstić information content (AvgIpc) is 3.29. The van der Waals surface area contributed by atoms with Gasteiger partial charge in [0.1, 0.15) is 10.8 Å². The van der Waals surface area contributed by atoms with Crippen LogP contribution in [0.15, 0.2) is 66.2 Å². The van der Waals surface area contributed by atoms with Gasteiger partial charge in [0, 0.05) is 17.1 Å². The van der Waals surface area contributed by atoms with Gasteiger partial charge in [0.15, 0.2) is 6.61 Å². The number of amides is 1. The van der Waals surface area contributed by atoms with E-state index in [9.17, 15) is 4.79 Å². The van der Waals surface area contributed by atoms with Gasteiger partial charge in [0.05, 0.1) is 33.7 Å². The number of rotatable bonds is 4. The highest BCUT2D eigenvalue weighted by molar-refractivity contribution is 7.13. The molecule has 5 nitrogen and oxygen atoms in total. The first kappa shape index (κ1) is 20.0. The van der Waals surface area contributed by atoms with Gasteiger partial charge in [0.2, 0.25) is 0 Å². The Balaban J connectivity index is 1.49. The van der Waals surface area contributed by atoms with Crippen molar-refractivity contribution in [1.82, 2.24) is 9.97 Å². The van der Waals surface area contributed by atoms with Crippen molar-refractivity contribution in [3.05, 3.63) is 81.8 Å². The topological polar surface area (TPSA) is 55.3 Å². The zero-order chi connectivity index (χ0) is 21.4. The number of aromatic nitrogens is 2. The zero-order valence-electron chi connectivity index (χ0n) is 16.1. The number of hydrogen-bond donors (Lipinski definition) is 0. The van der Waals surface area contributed by atoms with Crippen LogP contribution in [0.2, 0.25) is 10.0 Å². The number of nitrogens with zero attached hydrogens (tertiary/aromatic N) is 3. The third-order valence-corrected chi connectivity index (χ3v) is 6.51. The predicted molar refractivity (Wildman–Crippen MR) is 124 cm³/mol. The van der Waals surface area contributed by atoms with Crippen molar-refractivity contribution < 1.29 is 9.53 Å². The van der Waals surface area contributed by atoms with Crippen LogP contribution in [0.25, 0.3) is 22.0 Å². The molecule has 154 valence electrons. The fourth-order valence-corrected chi connectivity index (χ4v) is 4.49. The van der Waals surface area contributed by atoms with Gasteiger partial charge in [-0.25, -0.2) is 4.98 Å². The summed E-state index contributed by atoms with van der Waals surface area (Å²) in [5.41, 5.74) is 4.13. The van der Waals surface area contributed by atoms with E-state index in [0.717, 1.165) is 27.5 Å². The molecule has 1 aliphatic rings. The summed E-state index contributed by atoms with van der Waals surface area (Å²) in [7, 11) is 0. The number of ether oxygens (including phenoxy) is 1. The van der Waals surface area contributed by atoms with Crippen molar-refractivity contribution in [3.63, 3.8) is 0 Å². The Labute approximate surface area is 192 Å². The molecule has 1 amide bonds. The molecule has 0 atom stereocenters. The van der Waals surface area contributed by atoms with Gasteiger partial charge < -0.3 is 9.64 Å². The van der Waals surface area contributed by atoms with E-state index in [2.05, 4.69) is 4.98 Å². The van der Waals surface area contributed by atoms with E-state index in [0.29, 0.717) is 28.0 Å². The molecule has 0 radical (unpaired) electrons. The van der Waals surface area contributed by atoms with E-state index in [4.69, 9.17) is 32.9 Å². The Morgan fingerprint density at radius 1 is 1.03 bits per heavy atom. The van der Waals surface area contributed by atoms with Crippen LogP contribution in [-0.4, -0.2) is 22.5 Å². The van der Waals surface area contributed by atoms with E-state index in [1.165, 1.54) is 11.3 Å². The first-order chi connectivity index (χ1) is 15.1. The first-order valence-corrected chi connectivity index (χ1v) is 11.1. The number of carbonyl (C=O) groups excluding carboxylic acids is 1. The summed E-state index contributed by atoms with van der Waals surface area (Å²) < 4.78 is 5.65. The maximum Gasteiger partial charge on any atom is 0.265 e. The Morgan fingerprint density at radius 2 is 1.94 bits per heavy atom. The van der Waals surface area contributed by atoms with E-state index in [1.807, 2.05) is 47.8 Å². The van der Waals surface area contributed by atoms with E-state index in [1.54, 1.807) is 23.2 Å². The molecule has 0 fully saturated rings. The number of hydrogen-bond acceptors (Lipinski definition) is 5. The molecule has 0 spiro atoms. The largest absolute Gasteiger partial charge is 0.482 e. The van der Waals surface area contributed by atoms with E-state index < -0.39 is 0 Å². The molecule has 3 heterocycles. The molecule has 8 heteroatoms. The maximum atomic E-state index is 12.7. The minimum atomic E-state index is -0.122. The first-order valence-electron chi connectivity index (χ1n) is 9.47. The molecule has 0 unspecified atom stereocenters. The SMILES string of the molecule is O=C1COc2ccc(-c3csc(-c4ccccn4)n3)cc2N1Cc1ccc(Cl)c(Cl)c1. The number of fused-ring (bicyclic) bond motifs is 1. The fourth-order valence-electron chi connectivity index (χ4n) is 3.37. The third-order valence-electron chi connectivity index (χ3n) is 4.91. The predicted octanol–water partition coefficient (Wildman–Crippen LogP) is 6.10. The lowest BCUT2D eigenvalue weighted by Gasteiger charge is -2.30. The maximum absolute atomic E-state index is 12.7. The van der Waals surface area contributed by atoms with E-state index >= 15 is 0 Å². The normalized spacial score (nSPS) is 13.1. The number of carbonyl (C=O) groups is 1. The van der Waals surface area contributed by atoms with Crippen LogP contribution in [-0.2, 0) is 11.3 Å². The van der Waals surface area contributed by atoms with Crippen LogP contribution < -0.4 is 9.64 Å². The van der Waals surface area contributed by atoms with Gasteiger partial charge in [-0.05, 0) is 48.0 Å². The molecule has 1 aliphatic heterocycles. The molecule has 0 saturated carbocycles. The van der Waals surface area contributed by atoms with Crippen LogP contribution in [0.5, 0.6) is 5.75 Å². The minimum Gasteiger partial charge on any atom is -0.482 e. The number of thiazole rings is 1. The van der Waals surface area contributed by atoms with Crippen molar-refractivity contribution in [2.24, 2.45) is 0 Å². The smallest absolute Gasteiger partial charge is 0.265 e. The molecule has 4 aromatic rings. The quantitative estimate of drug-likeness (QED) is 0.363. The Morgan fingerprint density at radius 3 is 2.74 bits per heavy atom. The van der Waals surface area contributed by atoms with Gasteiger partial charge in [-0.1, -0.05) is 35.3 Å². The Hall–Kier alpha value is -2.93. The molecule has 2 aromatic heterocycles. The van der Waals surface area contributed by atoms with Crippen LogP contribution in [0.3, 0.4) is 0 Å². The summed E-state index contributed by atoms with van der Waals surface area (Å²) in [5.74, 6) is 0.534. The van der Waals surface area contributed by atoms with E-state index in [-0.39, 0.29) is 12.5 Å². The Bertz CT molecular complexity index is 1280. The van der Waals surface area contributed by atoms with Gasteiger partial charge in [-0.15, -0.1) is 11.3 Å². The van der Waals surface area contributed by atoms with Crippen molar-refractivity contribution in [1.29, 1.82) is 0 Å². The number of halogens is 2. The Kier molecular flexibility index (Phi) is 5.36. The fraction of sp³-hybridized carbons (Fsp3) is 0.0870. The monoisotopic (exact) mass is 467 g/mol. The van der Waals surface area contributed by atoms with Gasteiger partial charge >= 0.3 is 0 Å². The van der Waals surface area contributed by atoms with Crippen molar-refractivity contribution >= 4 is 46.1 Å². The molecule has 5 rings (SSSR count). The second kappa shape index (κ2) is 8.30. The van der Waals surface area contributed by atoms with Crippen molar-refractivity contribution in [3.8, 4) is 27.7 Å². The molecule has 0 aliphatic carbocycles. The lowest BCUT2D eigenvalue weighted by Crippen LogP contribution is -2.38. The summed E-state index contributed by atoms with van der Waals surface area (Å²) in [5, 5.41) is 3.76. The summed E-state index contributed by atoms with van der Waals surface area (Å²) in [6.45, 7) is 0.361. The third kappa shape index (κ3) is 4.02. The van der Waals surface area contributed by atoms with Gasteiger partial charge in [0.25, 0.3) is 5.91 Å². The molecule has 2 aromatic carbocycles.